The lowest BCUT2D eigenvalue weighted by Gasteiger charge is -2.27. The van der Waals surface area contributed by atoms with Gasteiger partial charge in [-0.2, -0.15) is 10.4 Å². The Morgan fingerprint density at radius 2 is 2.26 bits per heavy atom. The van der Waals surface area contributed by atoms with Crippen molar-refractivity contribution in [2.45, 2.75) is 38.0 Å². The molecule has 0 spiro atoms. The molecule has 1 fully saturated rings. The van der Waals surface area contributed by atoms with E-state index < -0.39 is 11.9 Å². The minimum Gasteiger partial charge on any atom is -0.479 e. The number of ether oxygens (including phenoxy) is 1. The largest absolute Gasteiger partial charge is 0.479 e. The summed E-state index contributed by atoms with van der Waals surface area (Å²) < 4.78 is 24.0. The summed E-state index contributed by atoms with van der Waals surface area (Å²) in [6.45, 7) is 2.35. The van der Waals surface area contributed by atoms with Crippen molar-refractivity contribution >= 4 is 28.1 Å². The Kier molecular flexibility index (Phi) is 6.63. The molecule has 0 saturated carbocycles. The molecule has 4 aromatic heterocycles. The van der Waals surface area contributed by atoms with E-state index in [-0.39, 0.29) is 18.7 Å². The van der Waals surface area contributed by atoms with Gasteiger partial charge in [-0.05, 0) is 67.1 Å². The number of hydrogen-bond donors (Lipinski definition) is 2. The van der Waals surface area contributed by atoms with E-state index in [2.05, 4.69) is 54.4 Å². The lowest BCUT2D eigenvalue weighted by molar-refractivity contribution is 0.114. The van der Waals surface area contributed by atoms with Crippen LogP contribution in [0.4, 0.5) is 4.39 Å². The van der Waals surface area contributed by atoms with E-state index in [1.165, 1.54) is 12.1 Å². The molecule has 3 unspecified atom stereocenters. The molecule has 1 saturated heterocycles. The van der Waals surface area contributed by atoms with Crippen LogP contribution in [-0.4, -0.2) is 53.9 Å². The number of halogens is 2. The Labute approximate surface area is 213 Å². The molecule has 2 N–H and O–H groups in total. The van der Waals surface area contributed by atoms with E-state index in [4.69, 9.17) is 4.74 Å². The predicted molar refractivity (Wildman–Crippen MR) is 132 cm³/mol. The van der Waals surface area contributed by atoms with Crippen LogP contribution in [0.2, 0.25) is 0 Å². The smallest absolute Gasteiger partial charge is 0.163 e. The maximum atomic E-state index is 13.3. The Morgan fingerprint density at radius 3 is 3.00 bits per heavy atom. The molecule has 10 nitrogen and oxygen atoms in total. The van der Waals surface area contributed by atoms with Gasteiger partial charge in [0.1, 0.15) is 22.8 Å². The maximum absolute atomic E-state index is 13.3. The zero-order chi connectivity index (χ0) is 24.5. The summed E-state index contributed by atoms with van der Waals surface area (Å²) in [7, 11) is 0. The molecule has 1 aliphatic rings. The summed E-state index contributed by atoms with van der Waals surface area (Å²) in [5.74, 6) is 0.0171. The number of nitrogens with zero attached hydrogens (tertiary/aromatic N) is 7. The Morgan fingerprint density at radius 1 is 1.40 bits per heavy atom. The Balaban J connectivity index is 1.52. The van der Waals surface area contributed by atoms with Crippen molar-refractivity contribution in [3.63, 3.8) is 0 Å². The Bertz CT molecular complexity index is 1400. The zero-order valence-corrected chi connectivity index (χ0v) is 20.9. The van der Waals surface area contributed by atoms with Crippen LogP contribution in [0.5, 0.6) is 5.75 Å². The van der Waals surface area contributed by atoms with E-state index in [1.54, 1.807) is 10.7 Å². The first-order chi connectivity index (χ1) is 17.0. The van der Waals surface area contributed by atoms with E-state index >= 15 is 0 Å². The number of piperidine rings is 1. The SMILES string of the molecule is Cc1c(-c2cc(OC(CO)c3ccc(F)cn3)c3c(I)cnn3c2)nnn1C1CCNC(C#N)C1. The summed E-state index contributed by atoms with van der Waals surface area (Å²) in [6, 6.07) is 6.76. The van der Waals surface area contributed by atoms with E-state index in [9.17, 15) is 14.8 Å². The van der Waals surface area contributed by atoms with E-state index in [0.29, 0.717) is 23.6 Å². The molecule has 0 bridgehead atoms. The van der Waals surface area contributed by atoms with Gasteiger partial charge >= 0.3 is 0 Å². The first kappa shape index (κ1) is 23.6. The van der Waals surface area contributed by atoms with Crippen molar-refractivity contribution < 1.29 is 14.2 Å². The number of fused-ring (bicyclic) bond motifs is 1. The summed E-state index contributed by atoms with van der Waals surface area (Å²) in [5.41, 5.74) is 3.43. The normalized spacial score (nSPS) is 18.9. The third kappa shape index (κ3) is 4.58. The van der Waals surface area contributed by atoms with Crippen molar-refractivity contribution in [2.24, 2.45) is 0 Å². The van der Waals surface area contributed by atoms with E-state index in [1.807, 2.05) is 23.9 Å². The van der Waals surface area contributed by atoms with Crippen LogP contribution >= 0.6 is 22.6 Å². The highest BCUT2D eigenvalue weighted by molar-refractivity contribution is 14.1. The van der Waals surface area contributed by atoms with Crippen LogP contribution in [0.3, 0.4) is 0 Å². The first-order valence-corrected chi connectivity index (χ1v) is 12.2. The number of rotatable bonds is 6. The molecule has 5 rings (SSSR count). The van der Waals surface area contributed by atoms with Crippen LogP contribution < -0.4 is 10.1 Å². The fourth-order valence-electron chi connectivity index (χ4n) is 4.36. The van der Waals surface area contributed by atoms with Crippen LogP contribution in [-0.2, 0) is 0 Å². The summed E-state index contributed by atoms with van der Waals surface area (Å²) >= 11 is 2.17. The Hall–Kier alpha value is -3.15. The molecular weight excluding hydrogens is 566 g/mol. The highest BCUT2D eigenvalue weighted by Gasteiger charge is 2.26. The standard InChI is InChI=1S/C23H22FIN8O2/c1-13-22(30-31-33(13)17-4-5-27-16(7-17)8-26)14-6-20(23-18(25)10-29-32(23)11-14)35-21(12-34)19-3-2-15(24)9-28-19/h2-3,6,9-11,16-17,21,27,34H,4-5,7,12H2,1H3. The van der Waals surface area contributed by atoms with Crippen molar-refractivity contribution in [1.82, 2.24) is 34.9 Å². The summed E-state index contributed by atoms with van der Waals surface area (Å²) in [4.78, 5) is 4.06. The zero-order valence-electron chi connectivity index (χ0n) is 18.8. The first-order valence-electron chi connectivity index (χ1n) is 11.1. The van der Waals surface area contributed by atoms with Crippen LogP contribution in [0.25, 0.3) is 16.8 Å². The summed E-state index contributed by atoms with van der Waals surface area (Å²) in [6.07, 6.45) is 5.39. The van der Waals surface area contributed by atoms with Gasteiger partial charge in [-0.25, -0.2) is 13.6 Å². The second-order valence-electron chi connectivity index (χ2n) is 8.35. The number of aliphatic hydroxyl groups is 1. The van der Waals surface area contributed by atoms with Crippen LogP contribution in [0.15, 0.2) is 36.8 Å². The fourth-order valence-corrected chi connectivity index (χ4v) is 5.00. The number of hydrogen-bond acceptors (Lipinski definition) is 8. The van der Waals surface area contributed by atoms with Crippen molar-refractivity contribution in [3.05, 3.63) is 57.6 Å². The van der Waals surface area contributed by atoms with Crippen LogP contribution in [0.1, 0.15) is 36.4 Å². The van der Waals surface area contributed by atoms with Gasteiger partial charge < -0.3 is 15.2 Å². The highest BCUT2D eigenvalue weighted by atomic mass is 127. The highest BCUT2D eigenvalue weighted by Crippen LogP contribution is 2.34. The quantitative estimate of drug-likeness (QED) is 0.330. The van der Waals surface area contributed by atoms with Gasteiger partial charge in [0, 0.05) is 11.8 Å². The van der Waals surface area contributed by atoms with Gasteiger partial charge in [0.15, 0.2) is 6.10 Å². The summed E-state index contributed by atoms with van der Waals surface area (Å²) in [5, 5.41) is 35.8. The van der Waals surface area contributed by atoms with Gasteiger partial charge in [0.05, 0.1) is 52.1 Å². The van der Waals surface area contributed by atoms with E-state index in [0.717, 1.165) is 39.5 Å². The molecule has 0 amide bonds. The van der Waals surface area contributed by atoms with Gasteiger partial charge in [0.2, 0.25) is 0 Å². The molecule has 1 aliphatic heterocycles. The average molecular weight is 588 g/mol. The minimum absolute atomic E-state index is 0.0792. The number of nitrogens with one attached hydrogen (secondary N) is 1. The second-order valence-corrected chi connectivity index (χ2v) is 9.51. The molecular formula is C23H22FIN8O2. The molecule has 0 aliphatic carbocycles. The van der Waals surface area contributed by atoms with Crippen molar-refractivity contribution in [3.8, 4) is 23.1 Å². The lowest BCUT2D eigenvalue weighted by Crippen LogP contribution is -2.38. The molecule has 35 heavy (non-hydrogen) atoms. The second kappa shape index (κ2) is 9.84. The number of aromatic nitrogens is 6. The van der Waals surface area contributed by atoms with Gasteiger partial charge in [-0.3, -0.25) is 4.98 Å². The number of aliphatic hydroxyl groups excluding tert-OH is 1. The molecule has 5 heterocycles. The van der Waals surface area contributed by atoms with Crippen LogP contribution in [0, 0.1) is 27.6 Å². The van der Waals surface area contributed by atoms with Crippen molar-refractivity contribution in [2.75, 3.05) is 13.2 Å². The lowest BCUT2D eigenvalue weighted by atomic mass is 10.00. The predicted octanol–water partition coefficient (Wildman–Crippen LogP) is 2.97. The molecule has 4 aromatic rings. The van der Waals surface area contributed by atoms with Gasteiger partial charge in [-0.1, -0.05) is 5.21 Å². The monoisotopic (exact) mass is 588 g/mol. The van der Waals surface area contributed by atoms with Crippen molar-refractivity contribution in [1.29, 1.82) is 5.26 Å². The molecule has 12 heteroatoms. The van der Waals surface area contributed by atoms with Gasteiger partial charge in [-0.15, -0.1) is 5.10 Å². The third-order valence-corrected chi connectivity index (χ3v) is 6.92. The molecule has 3 atom stereocenters. The average Bonchev–Trinajstić information content (AvgIpc) is 3.45. The minimum atomic E-state index is -0.796. The molecule has 0 radical (unpaired) electrons. The maximum Gasteiger partial charge on any atom is 0.163 e. The molecule has 0 aromatic carbocycles. The fraction of sp³-hybridized carbons (Fsp3) is 0.348. The number of nitriles is 1. The number of pyridine rings is 2. The third-order valence-electron chi connectivity index (χ3n) is 6.13. The molecule has 180 valence electrons. The topological polar surface area (TPSA) is 126 Å². The van der Waals surface area contributed by atoms with Gasteiger partial charge in [0.25, 0.3) is 0 Å².